The van der Waals surface area contributed by atoms with E-state index in [4.69, 9.17) is 0 Å². The van der Waals surface area contributed by atoms with Crippen molar-refractivity contribution in [1.82, 2.24) is 10.2 Å². The molecule has 0 aromatic heterocycles. The van der Waals surface area contributed by atoms with Gasteiger partial charge in [0.15, 0.2) is 0 Å². The monoisotopic (exact) mass is 254 g/mol. The summed E-state index contributed by atoms with van der Waals surface area (Å²) in [6.07, 6.45) is 6.91. The van der Waals surface area contributed by atoms with Gasteiger partial charge >= 0.3 is 0 Å². The van der Waals surface area contributed by atoms with E-state index in [0.29, 0.717) is 0 Å². The molecule has 0 amide bonds. The van der Waals surface area contributed by atoms with Gasteiger partial charge in [-0.25, -0.2) is 0 Å². The van der Waals surface area contributed by atoms with Crippen molar-refractivity contribution >= 4 is 0 Å². The van der Waals surface area contributed by atoms with Gasteiger partial charge in [-0.15, -0.1) is 0 Å². The Morgan fingerprint density at radius 3 is 2.56 bits per heavy atom. The molecule has 0 bridgehead atoms. The number of hydrogen-bond acceptors (Lipinski definition) is 2. The van der Waals surface area contributed by atoms with E-state index < -0.39 is 0 Å². The number of nitrogens with zero attached hydrogens (tertiary/aromatic N) is 1. The molecule has 108 valence electrons. The summed E-state index contributed by atoms with van der Waals surface area (Å²) in [5.41, 5.74) is 0. The van der Waals surface area contributed by atoms with Gasteiger partial charge in [-0.05, 0) is 64.1 Å². The van der Waals surface area contributed by atoms with E-state index in [1.54, 1.807) is 0 Å². The van der Waals surface area contributed by atoms with Crippen LogP contribution in [0, 0.1) is 17.8 Å². The Hall–Kier alpha value is -0.0800. The highest BCUT2D eigenvalue weighted by Gasteiger charge is 2.29. The van der Waals surface area contributed by atoms with Crippen molar-refractivity contribution in [3.05, 3.63) is 0 Å². The molecule has 1 fully saturated rings. The molecule has 3 unspecified atom stereocenters. The number of rotatable bonds is 7. The van der Waals surface area contributed by atoms with Gasteiger partial charge in [-0.3, -0.25) is 0 Å². The summed E-state index contributed by atoms with van der Waals surface area (Å²) in [4.78, 5) is 2.55. The molecule has 2 heteroatoms. The van der Waals surface area contributed by atoms with Crippen LogP contribution in [0.3, 0.4) is 0 Å². The van der Waals surface area contributed by atoms with Crippen molar-refractivity contribution in [1.29, 1.82) is 0 Å². The predicted octanol–water partition coefficient (Wildman–Crippen LogP) is 3.38. The quantitative estimate of drug-likeness (QED) is 0.749. The van der Waals surface area contributed by atoms with Crippen LogP contribution in [-0.2, 0) is 0 Å². The second kappa shape index (κ2) is 8.16. The molecule has 0 spiro atoms. The zero-order chi connectivity index (χ0) is 13.5. The SMILES string of the molecule is CCC1CCC(NC)C(CN(C)CCC(C)C)C1. The standard InChI is InChI=1S/C16H34N2/c1-6-14-7-8-16(17-4)15(11-14)12-18(5)10-9-13(2)3/h13-17H,6-12H2,1-5H3. The average Bonchev–Trinajstić information content (AvgIpc) is 2.36. The molecule has 18 heavy (non-hydrogen) atoms. The smallest absolute Gasteiger partial charge is 0.0105 e. The molecule has 1 rings (SSSR count). The van der Waals surface area contributed by atoms with Crippen LogP contribution >= 0.6 is 0 Å². The second-order valence-corrected chi connectivity index (χ2v) is 6.69. The molecule has 0 aromatic carbocycles. The molecule has 1 saturated carbocycles. The first-order chi connectivity index (χ1) is 8.56. The van der Waals surface area contributed by atoms with Gasteiger partial charge in [-0.2, -0.15) is 0 Å². The van der Waals surface area contributed by atoms with Crippen LogP contribution in [0.1, 0.15) is 52.9 Å². The Kier molecular flexibility index (Phi) is 7.25. The fourth-order valence-electron chi connectivity index (χ4n) is 3.28. The lowest BCUT2D eigenvalue weighted by atomic mass is 9.76. The van der Waals surface area contributed by atoms with Gasteiger partial charge in [0.1, 0.15) is 0 Å². The van der Waals surface area contributed by atoms with Gasteiger partial charge in [0.2, 0.25) is 0 Å². The summed E-state index contributed by atoms with van der Waals surface area (Å²) in [6.45, 7) is 9.51. The molecule has 1 aliphatic rings. The summed E-state index contributed by atoms with van der Waals surface area (Å²) < 4.78 is 0. The summed E-state index contributed by atoms with van der Waals surface area (Å²) in [5.74, 6) is 2.64. The lowest BCUT2D eigenvalue weighted by Crippen LogP contribution is -2.44. The number of hydrogen-bond donors (Lipinski definition) is 1. The summed E-state index contributed by atoms with van der Waals surface area (Å²) in [5, 5.41) is 3.54. The van der Waals surface area contributed by atoms with Crippen molar-refractivity contribution in [2.45, 2.75) is 58.9 Å². The fraction of sp³-hybridized carbons (Fsp3) is 1.00. The zero-order valence-corrected chi connectivity index (χ0v) is 13.2. The van der Waals surface area contributed by atoms with Crippen molar-refractivity contribution in [3.8, 4) is 0 Å². The fourth-order valence-corrected chi connectivity index (χ4v) is 3.28. The molecule has 1 aliphatic carbocycles. The van der Waals surface area contributed by atoms with Crippen LogP contribution < -0.4 is 5.32 Å². The first-order valence-corrected chi connectivity index (χ1v) is 7.92. The Morgan fingerprint density at radius 2 is 2.00 bits per heavy atom. The average molecular weight is 254 g/mol. The maximum atomic E-state index is 3.54. The highest BCUT2D eigenvalue weighted by Crippen LogP contribution is 2.31. The third-order valence-corrected chi connectivity index (χ3v) is 4.67. The minimum absolute atomic E-state index is 0.745. The van der Waals surface area contributed by atoms with Crippen LogP contribution in [0.5, 0.6) is 0 Å². The molecule has 0 saturated heterocycles. The lowest BCUT2D eigenvalue weighted by Gasteiger charge is -2.38. The van der Waals surface area contributed by atoms with Gasteiger partial charge in [0, 0.05) is 12.6 Å². The molecule has 0 aromatic rings. The molecule has 1 N–H and O–H groups in total. The summed E-state index contributed by atoms with van der Waals surface area (Å²) in [7, 11) is 4.43. The largest absolute Gasteiger partial charge is 0.317 e. The van der Waals surface area contributed by atoms with E-state index in [9.17, 15) is 0 Å². The van der Waals surface area contributed by atoms with Gasteiger partial charge < -0.3 is 10.2 Å². The van der Waals surface area contributed by atoms with Crippen LogP contribution in [-0.4, -0.2) is 38.1 Å². The predicted molar refractivity (Wildman–Crippen MR) is 80.9 cm³/mol. The minimum atomic E-state index is 0.745. The van der Waals surface area contributed by atoms with Crippen molar-refractivity contribution < 1.29 is 0 Å². The van der Waals surface area contributed by atoms with Crippen molar-refractivity contribution in [3.63, 3.8) is 0 Å². The summed E-state index contributed by atoms with van der Waals surface area (Å²) >= 11 is 0. The first kappa shape index (κ1) is 16.0. The number of nitrogens with one attached hydrogen (secondary N) is 1. The Bertz CT molecular complexity index is 215. The van der Waals surface area contributed by atoms with Crippen LogP contribution in [0.25, 0.3) is 0 Å². The molecule has 3 atom stereocenters. The van der Waals surface area contributed by atoms with Gasteiger partial charge in [-0.1, -0.05) is 27.2 Å². The van der Waals surface area contributed by atoms with E-state index in [-0.39, 0.29) is 0 Å². The second-order valence-electron chi connectivity index (χ2n) is 6.69. The van der Waals surface area contributed by atoms with Gasteiger partial charge in [0.05, 0.1) is 0 Å². The topological polar surface area (TPSA) is 15.3 Å². The maximum Gasteiger partial charge on any atom is 0.0105 e. The molecule has 0 aliphatic heterocycles. The molecule has 0 heterocycles. The molecule has 0 radical (unpaired) electrons. The van der Waals surface area contributed by atoms with E-state index in [2.05, 4.69) is 45.1 Å². The summed E-state index contributed by atoms with van der Waals surface area (Å²) in [6, 6.07) is 0.745. The third-order valence-electron chi connectivity index (χ3n) is 4.67. The highest BCUT2D eigenvalue weighted by molar-refractivity contribution is 4.85. The van der Waals surface area contributed by atoms with Crippen molar-refractivity contribution in [2.24, 2.45) is 17.8 Å². The van der Waals surface area contributed by atoms with Crippen LogP contribution in [0.15, 0.2) is 0 Å². The molecular weight excluding hydrogens is 220 g/mol. The maximum absolute atomic E-state index is 3.54. The zero-order valence-electron chi connectivity index (χ0n) is 13.2. The third kappa shape index (κ3) is 5.27. The first-order valence-electron chi connectivity index (χ1n) is 7.92. The molecular formula is C16H34N2. The van der Waals surface area contributed by atoms with E-state index in [1.165, 1.54) is 45.2 Å². The van der Waals surface area contributed by atoms with E-state index in [1.807, 2.05) is 0 Å². The molecule has 2 nitrogen and oxygen atoms in total. The Morgan fingerprint density at radius 1 is 1.28 bits per heavy atom. The Labute approximate surface area is 115 Å². The van der Waals surface area contributed by atoms with E-state index in [0.717, 1.165) is 23.8 Å². The van der Waals surface area contributed by atoms with Crippen LogP contribution in [0.2, 0.25) is 0 Å². The highest BCUT2D eigenvalue weighted by atomic mass is 15.1. The normalized spacial score (nSPS) is 29.2. The van der Waals surface area contributed by atoms with Crippen LogP contribution in [0.4, 0.5) is 0 Å². The van der Waals surface area contributed by atoms with E-state index >= 15 is 0 Å². The van der Waals surface area contributed by atoms with Crippen molar-refractivity contribution in [2.75, 3.05) is 27.2 Å². The van der Waals surface area contributed by atoms with Gasteiger partial charge in [0.25, 0.3) is 0 Å². The minimum Gasteiger partial charge on any atom is -0.317 e. The Balaban J connectivity index is 2.40. The lowest BCUT2D eigenvalue weighted by molar-refractivity contribution is 0.153.